The third-order valence-corrected chi connectivity index (χ3v) is 9.28. The molecule has 0 spiro atoms. The van der Waals surface area contributed by atoms with Crippen LogP contribution in [-0.2, 0) is 0 Å². The molecule has 2 heteroatoms. The molecule has 0 N–H and O–H groups in total. The average molecular weight is 431 g/mol. The van der Waals surface area contributed by atoms with Gasteiger partial charge in [-0.3, -0.25) is 0 Å². The number of hydrogen-bond donors (Lipinski definition) is 0. The van der Waals surface area contributed by atoms with E-state index in [9.17, 15) is 8.78 Å². The number of unbranched alkanes of at least 4 members (excludes halogenated alkanes) is 4. The van der Waals surface area contributed by atoms with Gasteiger partial charge in [0.1, 0.15) is 11.6 Å². The fourth-order valence-corrected chi connectivity index (χ4v) is 7.45. The fourth-order valence-electron chi connectivity index (χ4n) is 7.45. The lowest BCUT2D eigenvalue weighted by atomic mass is 9.60. The Bertz CT molecular complexity index is 655. The van der Waals surface area contributed by atoms with Crippen LogP contribution >= 0.6 is 0 Å². The largest absolute Gasteiger partial charge is 0.207 e. The zero-order valence-corrected chi connectivity index (χ0v) is 19.8. The highest BCUT2D eigenvalue weighted by atomic mass is 19.1. The minimum absolute atomic E-state index is 0.357. The highest BCUT2D eigenvalue weighted by Crippen LogP contribution is 2.51. The molecule has 0 nitrogen and oxygen atoms in total. The molecule has 0 heterocycles. The molecular formula is C29H44F2. The zero-order chi connectivity index (χ0) is 21.6. The molecule has 3 saturated carbocycles. The van der Waals surface area contributed by atoms with Crippen LogP contribution < -0.4 is 0 Å². The van der Waals surface area contributed by atoms with E-state index in [1.807, 2.05) is 0 Å². The molecule has 3 aliphatic rings. The Balaban J connectivity index is 1.20. The minimum Gasteiger partial charge on any atom is -0.207 e. The SMILES string of the molecule is CCCCCCCC1CCC(C2CCC3CC(c4cc(F)cc(F)c4)CCC3C2)CC1. The number of rotatable bonds is 8. The summed E-state index contributed by atoms with van der Waals surface area (Å²) < 4.78 is 27.4. The Labute approximate surface area is 189 Å². The molecule has 1 aromatic rings. The van der Waals surface area contributed by atoms with Crippen LogP contribution in [0.3, 0.4) is 0 Å². The first-order valence-corrected chi connectivity index (χ1v) is 13.6. The molecule has 3 fully saturated rings. The Hall–Kier alpha value is -0.920. The van der Waals surface area contributed by atoms with E-state index < -0.39 is 11.6 Å². The van der Waals surface area contributed by atoms with Crippen molar-refractivity contribution in [2.45, 2.75) is 116 Å². The Morgan fingerprint density at radius 3 is 1.94 bits per heavy atom. The topological polar surface area (TPSA) is 0 Å². The van der Waals surface area contributed by atoms with E-state index in [4.69, 9.17) is 0 Å². The lowest BCUT2D eigenvalue weighted by Crippen LogP contribution is -2.34. The van der Waals surface area contributed by atoms with Crippen molar-refractivity contribution < 1.29 is 8.78 Å². The van der Waals surface area contributed by atoms with Crippen molar-refractivity contribution in [3.05, 3.63) is 35.4 Å². The quantitative estimate of drug-likeness (QED) is 0.360. The van der Waals surface area contributed by atoms with Gasteiger partial charge < -0.3 is 0 Å². The van der Waals surface area contributed by atoms with Gasteiger partial charge in [0.05, 0.1) is 0 Å². The zero-order valence-electron chi connectivity index (χ0n) is 19.8. The van der Waals surface area contributed by atoms with Crippen LogP contribution in [0.5, 0.6) is 0 Å². The second-order valence-corrected chi connectivity index (χ2v) is 11.3. The van der Waals surface area contributed by atoms with Gasteiger partial charge in [-0.25, -0.2) is 8.78 Å². The predicted molar refractivity (Wildman–Crippen MR) is 126 cm³/mol. The van der Waals surface area contributed by atoms with Crippen molar-refractivity contribution >= 4 is 0 Å². The third-order valence-electron chi connectivity index (χ3n) is 9.28. The normalized spacial score (nSPS) is 33.8. The molecule has 0 amide bonds. The van der Waals surface area contributed by atoms with Crippen molar-refractivity contribution in [1.29, 1.82) is 0 Å². The maximum Gasteiger partial charge on any atom is 0.126 e. The molecule has 31 heavy (non-hydrogen) atoms. The molecule has 0 bridgehead atoms. The van der Waals surface area contributed by atoms with E-state index in [1.165, 1.54) is 89.9 Å². The molecule has 4 atom stereocenters. The molecule has 174 valence electrons. The Morgan fingerprint density at radius 2 is 1.23 bits per heavy atom. The van der Waals surface area contributed by atoms with Crippen molar-refractivity contribution in [1.82, 2.24) is 0 Å². The fraction of sp³-hybridized carbons (Fsp3) is 0.793. The van der Waals surface area contributed by atoms with E-state index in [0.29, 0.717) is 5.92 Å². The Kier molecular flexibility index (Phi) is 8.46. The summed E-state index contributed by atoms with van der Waals surface area (Å²) in [5.41, 5.74) is 0.895. The van der Waals surface area contributed by atoms with Crippen LogP contribution in [0.25, 0.3) is 0 Å². The summed E-state index contributed by atoms with van der Waals surface area (Å²) in [6.45, 7) is 2.30. The maximum atomic E-state index is 13.7. The maximum absolute atomic E-state index is 13.7. The van der Waals surface area contributed by atoms with Crippen LogP contribution in [0.1, 0.15) is 121 Å². The molecule has 0 radical (unpaired) electrons. The van der Waals surface area contributed by atoms with E-state index >= 15 is 0 Å². The first-order valence-electron chi connectivity index (χ1n) is 13.6. The van der Waals surface area contributed by atoms with Gasteiger partial charge in [0.25, 0.3) is 0 Å². The van der Waals surface area contributed by atoms with Crippen LogP contribution in [-0.4, -0.2) is 0 Å². The van der Waals surface area contributed by atoms with Gasteiger partial charge in [-0.1, -0.05) is 58.3 Å². The van der Waals surface area contributed by atoms with Crippen LogP contribution in [0.15, 0.2) is 18.2 Å². The number of halogens is 2. The van der Waals surface area contributed by atoms with E-state index in [0.717, 1.165) is 54.1 Å². The van der Waals surface area contributed by atoms with Gasteiger partial charge in [0, 0.05) is 6.07 Å². The highest BCUT2D eigenvalue weighted by Gasteiger charge is 2.39. The summed E-state index contributed by atoms with van der Waals surface area (Å²) in [5, 5.41) is 0. The monoisotopic (exact) mass is 430 g/mol. The summed E-state index contributed by atoms with van der Waals surface area (Å²) in [7, 11) is 0. The molecular weight excluding hydrogens is 386 g/mol. The third kappa shape index (κ3) is 6.32. The lowest BCUT2D eigenvalue weighted by Gasteiger charge is -2.45. The van der Waals surface area contributed by atoms with Gasteiger partial charge in [-0.15, -0.1) is 0 Å². The van der Waals surface area contributed by atoms with E-state index in [-0.39, 0.29) is 0 Å². The summed E-state index contributed by atoms with van der Waals surface area (Å²) in [6.07, 6.45) is 22.2. The molecule has 3 aliphatic carbocycles. The minimum atomic E-state index is -0.419. The second kappa shape index (κ2) is 11.3. The van der Waals surface area contributed by atoms with Gasteiger partial charge in [-0.2, -0.15) is 0 Å². The van der Waals surface area contributed by atoms with Gasteiger partial charge >= 0.3 is 0 Å². The van der Waals surface area contributed by atoms with Crippen LogP contribution in [0, 0.1) is 41.2 Å². The summed E-state index contributed by atoms with van der Waals surface area (Å²) >= 11 is 0. The van der Waals surface area contributed by atoms with Crippen molar-refractivity contribution in [2.24, 2.45) is 29.6 Å². The molecule has 1 aromatic carbocycles. The van der Waals surface area contributed by atoms with Gasteiger partial charge in [0.15, 0.2) is 0 Å². The van der Waals surface area contributed by atoms with E-state index in [1.54, 1.807) is 12.1 Å². The van der Waals surface area contributed by atoms with Gasteiger partial charge in [-0.05, 0) is 105 Å². The summed E-state index contributed by atoms with van der Waals surface area (Å²) in [6, 6.07) is 4.14. The molecule has 0 aromatic heterocycles. The molecule has 0 aliphatic heterocycles. The first-order chi connectivity index (χ1) is 15.1. The number of hydrogen-bond acceptors (Lipinski definition) is 0. The van der Waals surface area contributed by atoms with Crippen molar-refractivity contribution in [3.8, 4) is 0 Å². The standard InChI is InChI=1S/C29H44F2/c1-2-3-4-5-6-7-21-8-10-22(11-9-21)23-12-13-25-17-26(15-14-24(25)16-23)27-18-28(30)20-29(31)19-27/h18-26H,2-17H2,1H3. The van der Waals surface area contributed by atoms with Crippen LogP contribution in [0.4, 0.5) is 8.78 Å². The van der Waals surface area contributed by atoms with E-state index in [2.05, 4.69) is 6.92 Å². The van der Waals surface area contributed by atoms with Crippen molar-refractivity contribution in [2.75, 3.05) is 0 Å². The molecule has 4 unspecified atom stereocenters. The number of fused-ring (bicyclic) bond motifs is 1. The highest BCUT2D eigenvalue weighted by molar-refractivity contribution is 5.22. The van der Waals surface area contributed by atoms with Crippen molar-refractivity contribution in [3.63, 3.8) is 0 Å². The predicted octanol–water partition coefficient (Wildman–Crippen LogP) is 9.43. The van der Waals surface area contributed by atoms with Gasteiger partial charge in [0.2, 0.25) is 0 Å². The Morgan fingerprint density at radius 1 is 0.645 bits per heavy atom. The summed E-state index contributed by atoms with van der Waals surface area (Å²) in [5.74, 6) is 4.11. The molecule has 4 rings (SSSR count). The molecule has 0 saturated heterocycles. The number of benzene rings is 1. The average Bonchev–Trinajstić information content (AvgIpc) is 2.78. The smallest absolute Gasteiger partial charge is 0.126 e. The van der Waals surface area contributed by atoms with Crippen LogP contribution in [0.2, 0.25) is 0 Å². The summed E-state index contributed by atoms with van der Waals surface area (Å²) in [4.78, 5) is 0. The first kappa shape index (κ1) is 23.2. The second-order valence-electron chi connectivity index (χ2n) is 11.3. The lowest BCUT2D eigenvalue weighted by molar-refractivity contribution is 0.0709.